The van der Waals surface area contributed by atoms with Crippen LogP contribution in [-0.2, 0) is 16.6 Å². The molecule has 7 nitrogen and oxygen atoms in total. The second-order valence-electron chi connectivity index (χ2n) is 8.87. The number of H-pyrrole nitrogens is 1. The maximum atomic E-state index is 14.7. The minimum Gasteiger partial charge on any atom is -0.331 e. The molecule has 1 aliphatic carbocycles. The number of halogens is 4. The van der Waals surface area contributed by atoms with Crippen LogP contribution in [0.5, 0.6) is 0 Å². The monoisotopic (exact) mass is 533 g/mol. The average molecular weight is 534 g/mol. The first-order chi connectivity index (χ1) is 17.5. The van der Waals surface area contributed by atoms with E-state index in [2.05, 4.69) is 4.98 Å². The largest absolute Gasteiger partial charge is 0.331 e. The summed E-state index contributed by atoms with van der Waals surface area (Å²) < 4.78 is 85.5. The lowest BCUT2D eigenvalue weighted by atomic mass is 10.0. The first-order valence-electron chi connectivity index (χ1n) is 11.2. The van der Waals surface area contributed by atoms with E-state index in [1.54, 1.807) is 19.1 Å². The fourth-order valence-corrected chi connectivity index (χ4v) is 5.60. The van der Waals surface area contributed by atoms with E-state index in [1.807, 2.05) is 4.72 Å². The highest BCUT2D eigenvalue weighted by Gasteiger charge is 2.38. The Kier molecular flexibility index (Phi) is 5.94. The minimum absolute atomic E-state index is 0.00161. The van der Waals surface area contributed by atoms with Crippen LogP contribution >= 0.6 is 0 Å². The number of fused-ring (bicyclic) bond motifs is 1. The molecule has 0 spiro atoms. The van der Waals surface area contributed by atoms with Crippen LogP contribution in [0.15, 0.2) is 47.4 Å². The molecule has 4 aromatic rings. The van der Waals surface area contributed by atoms with Gasteiger partial charge in [0.15, 0.2) is 23.3 Å². The highest BCUT2D eigenvalue weighted by molar-refractivity contribution is 7.91. The van der Waals surface area contributed by atoms with Crippen LogP contribution in [0.1, 0.15) is 34.5 Å². The molecule has 0 unspecified atom stereocenters. The van der Waals surface area contributed by atoms with E-state index in [-0.39, 0.29) is 22.7 Å². The number of hydrogen-bond acceptors (Lipinski definition) is 4. The number of rotatable bonds is 6. The van der Waals surface area contributed by atoms with E-state index in [9.17, 15) is 35.6 Å². The van der Waals surface area contributed by atoms with E-state index >= 15 is 0 Å². The molecule has 0 saturated heterocycles. The van der Waals surface area contributed by atoms with Crippen molar-refractivity contribution in [1.82, 2.24) is 14.3 Å². The molecule has 2 N–H and O–H groups in total. The summed E-state index contributed by atoms with van der Waals surface area (Å²) in [6.07, 6.45) is 2.07. The lowest BCUT2D eigenvalue weighted by Gasteiger charge is -2.14. The normalized spacial score (nSPS) is 13.8. The summed E-state index contributed by atoms with van der Waals surface area (Å²) in [7, 11) is -4.08. The summed E-state index contributed by atoms with van der Waals surface area (Å²) in [6, 6.07) is 7.69. The summed E-state index contributed by atoms with van der Waals surface area (Å²) in [5, 5.41) is -0.476. The second kappa shape index (κ2) is 8.87. The Morgan fingerprint density at radius 2 is 1.76 bits per heavy atom. The highest BCUT2D eigenvalue weighted by atomic mass is 32.2. The van der Waals surface area contributed by atoms with Crippen molar-refractivity contribution in [3.8, 4) is 11.1 Å². The zero-order chi connectivity index (χ0) is 26.6. The van der Waals surface area contributed by atoms with Crippen molar-refractivity contribution in [2.75, 3.05) is 0 Å². The van der Waals surface area contributed by atoms with Gasteiger partial charge in [-0.25, -0.2) is 30.7 Å². The highest BCUT2D eigenvalue weighted by Crippen LogP contribution is 2.36. The average Bonchev–Trinajstić information content (AvgIpc) is 3.65. The molecule has 192 valence electrons. The number of nitrogens with zero attached hydrogens (tertiary/aromatic N) is 1. The molecule has 2 aromatic carbocycles. The summed E-state index contributed by atoms with van der Waals surface area (Å²) in [6.45, 7) is 0.858. The molecular weight excluding hydrogens is 514 g/mol. The van der Waals surface area contributed by atoms with Crippen LogP contribution in [0.3, 0.4) is 0 Å². The number of carbonyl (C=O) groups is 1. The van der Waals surface area contributed by atoms with Crippen molar-refractivity contribution >= 4 is 26.8 Å². The lowest BCUT2D eigenvalue weighted by Crippen LogP contribution is -2.35. The fraction of sp³-hybridized carbons (Fsp3) is 0.200. The first kappa shape index (κ1) is 24.8. The number of pyridine rings is 1. The number of nitrogens with one attached hydrogen (secondary N) is 2. The van der Waals surface area contributed by atoms with Crippen molar-refractivity contribution in [3.63, 3.8) is 0 Å². The van der Waals surface area contributed by atoms with Gasteiger partial charge in [-0.1, -0.05) is 11.6 Å². The number of sulfonamides is 1. The van der Waals surface area contributed by atoms with Gasteiger partial charge in [-0.15, -0.1) is 0 Å². The van der Waals surface area contributed by atoms with Gasteiger partial charge in [0.1, 0.15) is 5.69 Å². The van der Waals surface area contributed by atoms with E-state index in [0.29, 0.717) is 23.8 Å². The predicted octanol–water partition coefficient (Wildman–Crippen LogP) is 4.13. The molecule has 0 bridgehead atoms. The molecule has 1 amide bonds. The molecule has 37 heavy (non-hydrogen) atoms. The topological polar surface area (TPSA) is 101 Å². The van der Waals surface area contributed by atoms with E-state index in [1.165, 1.54) is 24.4 Å². The molecule has 1 saturated carbocycles. The van der Waals surface area contributed by atoms with Crippen LogP contribution in [0, 0.1) is 30.2 Å². The van der Waals surface area contributed by atoms with Crippen LogP contribution in [0.4, 0.5) is 17.6 Å². The van der Waals surface area contributed by atoms with E-state index < -0.39 is 67.8 Å². The van der Waals surface area contributed by atoms with Crippen molar-refractivity contribution in [1.29, 1.82) is 0 Å². The van der Waals surface area contributed by atoms with E-state index in [4.69, 9.17) is 0 Å². The van der Waals surface area contributed by atoms with Gasteiger partial charge in [0, 0.05) is 39.9 Å². The van der Waals surface area contributed by atoms with Crippen LogP contribution < -0.4 is 10.3 Å². The number of aryl methyl sites for hydroxylation is 1. The van der Waals surface area contributed by atoms with Gasteiger partial charge in [0.2, 0.25) is 10.0 Å². The third kappa shape index (κ3) is 4.31. The Balaban J connectivity index is 1.84. The zero-order valence-electron chi connectivity index (χ0n) is 19.2. The Hall–Kier alpha value is -3.93. The summed E-state index contributed by atoms with van der Waals surface area (Å²) in [4.78, 5) is 28.7. The number of benzene rings is 2. The number of amides is 1. The van der Waals surface area contributed by atoms with E-state index in [0.717, 1.165) is 4.57 Å². The molecule has 0 aliphatic heterocycles. The van der Waals surface area contributed by atoms with Gasteiger partial charge in [-0.3, -0.25) is 9.59 Å². The van der Waals surface area contributed by atoms with Crippen LogP contribution in [-0.4, -0.2) is 29.1 Å². The van der Waals surface area contributed by atoms with Crippen LogP contribution in [0.25, 0.3) is 22.0 Å². The van der Waals surface area contributed by atoms with Crippen molar-refractivity contribution < 1.29 is 30.8 Å². The third-order valence-electron chi connectivity index (χ3n) is 6.24. The molecular formula is C25H19F4N3O4S. The Morgan fingerprint density at radius 3 is 2.38 bits per heavy atom. The maximum absolute atomic E-state index is 14.7. The summed E-state index contributed by atoms with van der Waals surface area (Å²) >= 11 is 0. The molecule has 0 atom stereocenters. The number of aromatic amines is 1. The first-order valence-corrected chi connectivity index (χ1v) is 12.7. The fourth-order valence-electron chi connectivity index (χ4n) is 4.32. The smallest absolute Gasteiger partial charge is 0.282 e. The quantitative estimate of drug-likeness (QED) is 0.288. The van der Waals surface area contributed by atoms with Gasteiger partial charge in [0.05, 0.1) is 11.8 Å². The zero-order valence-corrected chi connectivity index (χ0v) is 20.1. The number of hydrogen-bond donors (Lipinski definition) is 2. The molecule has 2 heterocycles. The lowest BCUT2D eigenvalue weighted by molar-refractivity contribution is 0.0973. The van der Waals surface area contributed by atoms with Gasteiger partial charge >= 0.3 is 0 Å². The molecule has 0 radical (unpaired) electrons. The van der Waals surface area contributed by atoms with Crippen molar-refractivity contribution in [3.05, 3.63) is 93.0 Å². The Morgan fingerprint density at radius 1 is 1.08 bits per heavy atom. The third-order valence-corrected chi connectivity index (χ3v) is 8.06. The summed E-state index contributed by atoms with van der Waals surface area (Å²) in [5.74, 6) is -7.75. The molecule has 5 rings (SSSR count). The van der Waals surface area contributed by atoms with Crippen molar-refractivity contribution in [2.45, 2.75) is 31.6 Å². The van der Waals surface area contributed by atoms with Crippen LogP contribution in [0.2, 0.25) is 0 Å². The summed E-state index contributed by atoms with van der Waals surface area (Å²) in [5.41, 5.74) is -1.17. The van der Waals surface area contributed by atoms with Gasteiger partial charge < -0.3 is 9.55 Å². The standard InChI is InChI=1S/C25H19F4N3O4S/c1-12-4-7-19-15(9-12)20(14-3-2-8-30-24(14)33)23(25(34)31-37(35,36)13-5-6-13)32(19)11-16-21(28)17(26)10-18(27)22(16)29/h2-4,7-10,13H,5-6,11H2,1H3,(H,30,33)(H,31,34). The van der Waals surface area contributed by atoms with Crippen molar-refractivity contribution in [2.24, 2.45) is 0 Å². The molecule has 2 aromatic heterocycles. The molecule has 12 heteroatoms. The molecule has 1 fully saturated rings. The van der Waals surface area contributed by atoms with Gasteiger partial charge in [0.25, 0.3) is 11.5 Å². The maximum Gasteiger partial charge on any atom is 0.282 e. The SMILES string of the molecule is Cc1ccc2c(c1)c(-c1ccc[nH]c1=O)c(C(=O)NS(=O)(=O)C1CC1)n2Cc1c(F)c(F)cc(F)c1F. The number of carbonyl (C=O) groups excluding carboxylic acids is 1. The van der Waals surface area contributed by atoms with Gasteiger partial charge in [-0.2, -0.15) is 0 Å². The Bertz CT molecular complexity index is 1730. The predicted molar refractivity (Wildman–Crippen MR) is 128 cm³/mol. The second-order valence-corrected chi connectivity index (χ2v) is 10.8. The molecule has 1 aliphatic rings. The van der Waals surface area contributed by atoms with Gasteiger partial charge in [-0.05, 0) is 44.0 Å². The number of aromatic nitrogens is 2. The minimum atomic E-state index is -4.08. The Labute approximate surface area is 207 Å².